The molecule has 3 fully saturated rings. The van der Waals surface area contributed by atoms with Crippen LogP contribution in [0.4, 0.5) is 28.4 Å². The van der Waals surface area contributed by atoms with Crippen LogP contribution in [0, 0.1) is 23.1 Å². The molecule has 4 aliphatic rings. The van der Waals surface area contributed by atoms with E-state index >= 15 is 13.2 Å². The average molecular weight is 709 g/mol. The largest absolute Gasteiger partial charge is 0.444 e. The van der Waals surface area contributed by atoms with Crippen LogP contribution in [-0.2, 0) is 32.2 Å². The summed E-state index contributed by atoms with van der Waals surface area (Å²) in [4.78, 5) is 42.2. The van der Waals surface area contributed by atoms with Crippen molar-refractivity contribution >= 4 is 23.8 Å². The van der Waals surface area contributed by atoms with Crippen molar-refractivity contribution < 1.29 is 41.4 Å². The van der Waals surface area contributed by atoms with Gasteiger partial charge in [-0.25, -0.2) is 22.8 Å². The number of fused-ring (bicyclic) bond motifs is 3. The highest BCUT2D eigenvalue weighted by Crippen LogP contribution is 2.52. The molecule has 1 N–H and O–H groups in total. The molecule has 7 rings (SSSR count). The second kappa shape index (κ2) is 12.6. The molecule has 2 saturated heterocycles. The Bertz CT molecular complexity index is 1900. The van der Waals surface area contributed by atoms with E-state index < -0.39 is 64.5 Å². The Morgan fingerprint density at radius 1 is 1.04 bits per heavy atom. The van der Waals surface area contributed by atoms with Crippen molar-refractivity contribution in [3.63, 3.8) is 0 Å². The molecule has 3 aromatic rings. The van der Waals surface area contributed by atoms with Crippen molar-refractivity contribution in [1.29, 1.82) is 5.26 Å². The van der Waals surface area contributed by atoms with E-state index in [1.165, 1.54) is 12.1 Å². The van der Waals surface area contributed by atoms with E-state index in [2.05, 4.69) is 15.5 Å². The molecular weight excluding hydrogens is 669 g/mol. The van der Waals surface area contributed by atoms with Crippen LogP contribution in [0.2, 0.25) is 0 Å². The Kier molecular flexibility index (Phi) is 8.80. The van der Waals surface area contributed by atoms with Crippen LogP contribution in [0.1, 0.15) is 83.4 Å². The van der Waals surface area contributed by atoms with Gasteiger partial charge >= 0.3 is 12.2 Å². The summed E-state index contributed by atoms with van der Waals surface area (Å²) >= 11 is 0. The molecule has 2 bridgehead atoms. The number of hydrogen-bond acceptors (Lipinski definition) is 9. The minimum Gasteiger partial charge on any atom is -0.444 e. The number of hydrogen-bond donors (Lipinski definition) is 1. The van der Waals surface area contributed by atoms with E-state index in [1.807, 2.05) is 6.07 Å². The van der Waals surface area contributed by atoms with Crippen LogP contribution in [0.5, 0.6) is 0 Å². The van der Waals surface area contributed by atoms with Crippen molar-refractivity contribution in [2.75, 3.05) is 18.0 Å². The van der Waals surface area contributed by atoms with E-state index in [4.69, 9.17) is 13.9 Å². The maximum absolute atomic E-state index is 16.0. The van der Waals surface area contributed by atoms with Gasteiger partial charge < -0.3 is 29.0 Å². The summed E-state index contributed by atoms with van der Waals surface area (Å²) < 4.78 is 64.8. The molecule has 3 amide bonds. The lowest BCUT2D eigenvalue weighted by molar-refractivity contribution is -0.123. The minimum absolute atomic E-state index is 0.175. The predicted octanol–water partition coefficient (Wildman–Crippen LogP) is 6.57. The van der Waals surface area contributed by atoms with Gasteiger partial charge in [-0.1, -0.05) is 12.1 Å². The number of piperidine rings is 2. The number of carbonyl (C=O) groups excluding carboxylic acids is 3. The fraction of sp³-hybridized carbons (Fsp3) is 0.500. The highest BCUT2D eigenvalue weighted by Gasteiger charge is 2.56. The molecule has 270 valence electrons. The zero-order chi connectivity index (χ0) is 37.1. The van der Waals surface area contributed by atoms with Crippen molar-refractivity contribution in [2.24, 2.45) is 5.92 Å². The number of alkyl halides is 2. The number of nitrogens with zero attached hydrogens (tertiary/aromatic N) is 5. The van der Waals surface area contributed by atoms with Gasteiger partial charge in [0.1, 0.15) is 23.1 Å². The quantitative estimate of drug-likeness (QED) is 0.311. The van der Waals surface area contributed by atoms with Gasteiger partial charge in [-0.3, -0.25) is 4.79 Å². The highest BCUT2D eigenvalue weighted by molar-refractivity contribution is 6.00. The van der Waals surface area contributed by atoms with Crippen molar-refractivity contribution in [2.45, 2.75) is 95.9 Å². The van der Waals surface area contributed by atoms with Crippen molar-refractivity contribution in [3.8, 4) is 17.5 Å². The third-order valence-corrected chi connectivity index (χ3v) is 9.00. The molecule has 1 aliphatic carbocycles. The van der Waals surface area contributed by atoms with Gasteiger partial charge in [-0.15, -0.1) is 10.2 Å². The molecule has 15 heteroatoms. The molecule has 1 aromatic heterocycles. The van der Waals surface area contributed by atoms with Crippen LogP contribution in [-0.4, -0.2) is 63.5 Å². The summed E-state index contributed by atoms with van der Waals surface area (Å²) in [6, 6.07) is 8.13. The molecule has 3 aliphatic heterocycles. The molecule has 1 atom stereocenters. The number of alkyl carbamates (subject to hydrolysis) is 1. The Balaban J connectivity index is 1.36. The lowest BCUT2D eigenvalue weighted by atomic mass is 9.58. The number of nitrogens with one attached hydrogen (secondary N) is 1. The number of aromatic nitrogens is 2. The van der Waals surface area contributed by atoms with Gasteiger partial charge in [0, 0.05) is 25.1 Å². The monoisotopic (exact) mass is 708 g/mol. The van der Waals surface area contributed by atoms with E-state index in [0.29, 0.717) is 36.6 Å². The Morgan fingerprint density at radius 2 is 1.71 bits per heavy atom. The van der Waals surface area contributed by atoms with Crippen LogP contribution < -0.4 is 10.2 Å². The number of nitriles is 1. The van der Waals surface area contributed by atoms with Crippen LogP contribution in [0.25, 0.3) is 11.5 Å². The molecule has 12 nitrogen and oxygen atoms in total. The minimum atomic E-state index is -3.78. The summed E-state index contributed by atoms with van der Waals surface area (Å²) in [5.74, 6) is -5.70. The average Bonchev–Trinajstić information content (AvgIpc) is 3.49. The topological polar surface area (TPSA) is 151 Å². The molecule has 51 heavy (non-hydrogen) atoms. The fourth-order valence-electron chi connectivity index (χ4n) is 6.89. The number of rotatable bonds is 5. The molecule has 0 spiro atoms. The number of benzene rings is 2. The van der Waals surface area contributed by atoms with Gasteiger partial charge in [0.15, 0.2) is 0 Å². The normalized spacial score (nSPS) is 22.6. The number of anilines is 1. The smallest absolute Gasteiger partial charge is 0.410 e. The highest BCUT2D eigenvalue weighted by atomic mass is 19.3. The first-order valence-corrected chi connectivity index (χ1v) is 16.6. The number of halogens is 3. The summed E-state index contributed by atoms with van der Waals surface area (Å²) in [5, 5.41) is 19.8. The Labute approximate surface area is 292 Å². The number of ether oxygens (including phenoxy) is 2. The summed E-state index contributed by atoms with van der Waals surface area (Å²) in [6.07, 6.45) is -1.39. The zero-order valence-corrected chi connectivity index (χ0v) is 29.2. The number of carbonyl (C=O) groups is 3. The van der Waals surface area contributed by atoms with Gasteiger partial charge in [-0.05, 0) is 90.1 Å². The maximum atomic E-state index is 16.0. The van der Waals surface area contributed by atoms with E-state index in [0.717, 1.165) is 11.0 Å². The van der Waals surface area contributed by atoms with Crippen LogP contribution in [0.3, 0.4) is 0 Å². The molecule has 2 aromatic carbocycles. The zero-order valence-electron chi connectivity index (χ0n) is 29.2. The van der Waals surface area contributed by atoms with E-state index in [1.54, 1.807) is 58.6 Å². The van der Waals surface area contributed by atoms with Crippen LogP contribution >= 0.6 is 0 Å². The maximum Gasteiger partial charge on any atom is 0.410 e. The first kappa shape index (κ1) is 35.7. The first-order valence-electron chi connectivity index (χ1n) is 16.6. The van der Waals surface area contributed by atoms with Gasteiger partial charge in [0.2, 0.25) is 11.8 Å². The molecular formula is C36H39F3N6O6. The fourth-order valence-corrected chi connectivity index (χ4v) is 6.89. The predicted molar refractivity (Wildman–Crippen MR) is 176 cm³/mol. The molecule has 1 saturated carbocycles. The summed E-state index contributed by atoms with van der Waals surface area (Å²) in [6.45, 7) is 10.6. The standard InChI is InChI=1S/C36H39F3N6O6/c1-33(2,3)50-31(47)41-26-15-36(38,39)24-12-25(37)23(11-27(24)45(29(26)46)18-21-9-7-20(16-40)8-10-21)28-42-43-30(49-28)35-13-22(14-35)17-44(19-35)32(48)51-34(4,5)6/h7-12,22,26H,13-15,17-19H2,1-6H3,(H,41,47). The SMILES string of the molecule is CC(C)(C)OC(=O)NC1CC(F)(F)c2cc(F)c(-c3nnc(C45CC(CN(C(=O)OC(C)(C)C)C4)C5)o3)cc2N(Cc2ccc(C#N)cc2)C1=O. The Morgan fingerprint density at radius 3 is 2.33 bits per heavy atom. The van der Waals surface area contributed by atoms with Gasteiger partial charge in [0.25, 0.3) is 11.8 Å². The third-order valence-electron chi connectivity index (χ3n) is 9.00. The third kappa shape index (κ3) is 7.36. The van der Waals surface area contributed by atoms with E-state index in [-0.39, 0.29) is 42.0 Å². The molecule has 4 heterocycles. The summed E-state index contributed by atoms with van der Waals surface area (Å²) in [7, 11) is 0. The van der Waals surface area contributed by atoms with Gasteiger partial charge in [0.05, 0.1) is 34.8 Å². The Hall–Kier alpha value is -5.13. The van der Waals surface area contributed by atoms with Crippen molar-refractivity contribution in [3.05, 3.63) is 64.8 Å². The lowest BCUT2D eigenvalue weighted by Crippen LogP contribution is -2.61. The molecule has 1 unspecified atom stereocenters. The lowest BCUT2D eigenvalue weighted by Gasteiger charge is -2.54. The second-order valence-electron chi connectivity index (χ2n) is 15.5. The number of amides is 3. The van der Waals surface area contributed by atoms with Crippen LogP contribution in [0.15, 0.2) is 40.8 Å². The first-order chi connectivity index (χ1) is 23.8. The summed E-state index contributed by atoms with van der Waals surface area (Å²) in [5.41, 5.74) is -2.94. The van der Waals surface area contributed by atoms with Crippen molar-refractivity contribution in [1.82, 2.24) is 20.4 Å². The van der Waals surface area contributed by atoms with E-state index in [9.17, 15) is 19.6 Å². The van der Waals surface area contributed by atoms with Gasteiger partial charge in [-0.2, -0.15) is 5.26 Å². The molecule has 0 radical (unpaired) electrons. The second-order valence-corrected chi connectivity index (χ2v) is 15.5.